The first-order valence-electron chi connectivity index (χ1n) is 5.72. The molecule has 0 saturated carbocycles. The van der Waals surface area contributed by atoms with E-state index in [9.17, 15) is 8.78 Å². The molecule has 0 aliphatic heterocycles. The maximum absolute atomic E-state index is 13.1. The van der Waals surface area contributed by atoms with Crippen LogP contribution in [0.5, 0.6) is 0 Å². The zero-order valence-corrected chi connectivity index (χ0v) is 10.0. The lowest BCUT2D eigenvalue weighted by Gasteiger charge is -2.15. The van der Waals surface area contributed by atoms with Crippen molar-refractivity contribution < 1.29 is 8.78 Å². The van der Waals surface area contributed by atoms with Gasteiger partial charge in [-0.15, -0.1) is 0 Å². The molecule has 1 aromatic heterocycles. The van der Waals surface area contributed by atoms with E-state index in [-0.39, 0.29) is 17.7 Å². The van der Waals surface area contributed by atoms with Crippen LogP contribution >= 0.6 is 0 Å². The maximum Gasteiger partial charge on any atom is 0.141 e. The first-order chi connectivity index (χ1) is 8.69. The molecule has 1 N–H and O–H groups in total. The van der Waals surface area contributed by atoms with Crippen LogP contribution in [0.2, 0.25) is 0 Å². The molecule has 94 valence electrons. The van der Waals surface area contributed by atoms with Crippen LogP contribution in [0.15, 0.2) is 42.6 Å². The van der Waals surface area contributed by atoms with Crippen molar-refractivity contribution >= 4 is 0 Å². The summed E-state index contributed by atoms with van der Waals surface area (Å²) in [7, 11) is 1.80. The molecule has 0 radical (unpaired) electrons. The Balaban J connectivity index is 2.17. The van der Waals surface area contributed by atoms with Crippen molar-refractivity contribution in [1.29, 1.82) is 0 Å². The van der Waals surface area contributed by atoms with E-state index in [2.05, 4.69) is 10.3 Å². The van der Waals surface area contributed by atoms with E-state index in [0.717, 1.165) is 11.3 Å². The van der Waals surface area contributed by atoms with Crippen molar-refractivity contribution in [3.8, 4) is 0 Å². The third kappa shape index (κ3) is 3.11. The number of benzene rings is 1. The van der Waals surface area contributed by atoms with E-state index < -0.39 is 0 Å². The van der Waals surface area contributed by atoms with Gasteiger partial charge in [0, 0.05) is 0 Å². The Hall–Kier alpha value is -1.81. The molecule has 0 bridgehead atoms. The molecule has 1 atom stereocenters. The Bertz CT molecular complexity index is 511. The summed E-state index contributed by atoms with van der Waals surface area (Å²) in [5, 5.41) is 3.10. The minimum atomic E-state index is -0.362. The highest BCUT2D eigenvalue weighted by molar-refractivity contribution is 5.20. The number of nitrogens with zero attached hydrogens (tertiary/aromatic N) is 1. The fraction of sp³-hybridized carbons (Fsp3) is 0.214. The summed E-state index contributed by atoms with van der Waals surface area (Å²) in [4.78, 5) is 4.04. The molecule has 0 spiro atoms. The average Bonchev–Trinajstić information content (AvgIpc) is 2.37. The summed E-state index contributed by atoms with van der Waals surface area (Å²) in [6, 6.07) is 9.38. The van der Waals surface area contributed by atoms with Crippen LogP contribution in [0.3, 0.4) is 0 Å². The second kappa shape index (κ2) is 5.69. The topological polar surface area (TPSA) is 24.9 Å². The van der Waals surface area contributed by atoms with Gasteiger partial charge in [0.15, 0.2) is 0 Å². The molecular weight excluding hydrogens is 234 g/mol. The first-order valence-corrected chi connectivity index (χ1v) is 5.72. The van der Waals surface area contributed by atoms with Crippen LogP contribution in [0, 0.1) is 11.6 Å². The Morgan fingerprint density at radius 3 is 2.61 bits per heavy atom. The van der Waals surface area contributed by atoms with Gasteiger partial charge < -0.3 is 5.32 Å². The summed E-state index contributed by atoms with van der Waals surface area (Å²) in [6.45, 7) is 0. The second-order valence-electron chi connectivity index (χ2n) is 4.08. The van der Waals surface area contributed by atoms with Crippen LogP contribution in [0.1, 0.15) is 17.3 Å². The number of aromatic nitrogens is 1. The zero-order chi connectivity index (χ0) is 13.0. The van der Waals surface area contributed by atoms with Crippen molar-refractivity contribution in [3.05, 3.63) is 65.5 Å². The predicted molar refractivity (Wildman–Crippen MR) is 66.1 cm³/mol. The number of hydrogen-bond donors (Lipinski definition) is 1. The predicted octanol–water partition coefficient (Wildman–Crippen LogP) is 2.86. The van der Waals surface area contributed by atoms with Crippen LogP contribution in [-0.2, 0) is 6.42 Å². The number of nitrogens with one attached hydrogen (secondary N) is 1. The average molecular weight is 248 g/mol. The van der Waals surface area contributed by atoms with Crippen molar-refractivity contribution in [2.75, 3.05) is 7.05 Å². The van der Waals surface area contributed by atoms with E-state index >= 15 is 0 Å². The Morgan fingerprint density at radius 2 is 2.00 bits per heavy atom. The molecule has 0 amide bonds. The van der Waals surface area contributed by atoms with E-state index in [1.54, 1.807) is 19.2 Å². The lowest BCUT2D eigenvalue weighted by atomic mass is 10.0. The van der Waals surface area contributed by atoms with Crippen molar-refractivity contribution in [2.24, 2.45) is 0 Å². The molecule has 0 aliphatic rings. The fourth-order valence-electron chi connectivity index (χ4n) is 1.85. The molecule has 0 aliphatic carbocycles. The van der Waals surface area contributed by atoms with E-state index in [1.807, 2.05) is 6.07 Å². The molecule has 1 unspecified atom stereocenters. The molecule has 2 aromatic rings. The van der Waals surface area contributed by atoms with E-state index in [4.69, 9.17) is 0 Å². The SMILES string of the molecule is CNC(Cc1cccc(F)c1)c1ccc(F)cn1. The van der Waals surface area contributed by atoms with Gasteiger partial charge in [-0.1, -0.05) is 12.1 Å². The zero-order valence-electron chi connectivity index (χ0n) is 10.0. The van der Waals surface area contributed by atoms with Gasteiger partial charge in [-0.25, -0.2) is 8.78 Å². The molecule has 18 heavy (non-hydrogen) atoms. The summed E-state index contributed by atoms with van der Waals surface area (Å²) in [5.74, 6) is -0.617. The summed E-state index contributed by atoms with van der Waals surface area (Å²) in [5.41, 5.74) is 1.61. The van der Waals surface area contributed by atoms with Gasteiger partial charge in [0.1, 0.15) is 11.6 Å². The lowest BCUT2D eigenvalue weighted by Crippen LogP contribution is -2.20. The molecule has 4 heteroatoms. The normalized spacial score (nSPS) is 12.4. The summed E-state index contributed by atoms with van der Waals surface area (Å²) < 4.78 is 25.9. The smallest absolute Gasteiger partial charge is 0.141 e. The van der Waals surface area contributed by atoms with E-state index in [1.165, 1.54) is 24.4 Å². The third-order valence-electron chi connectivity index (χ3n) is 2.78. The van der Waals surface area contributed by atoms with Gasteiger partial charge in [-0.3, -0.25) is 4.98 Å². The highest BCUT2D eigenvalue weighted by Gasteiger charge is 2.11. The van der Waals surface area contributed by atoms with Crippen LogP contribution in [0.4, 0.5) is 8.78 Å². The van der Waals surface area contributed by atoms with Gasteiger partial charge in [0.25, 0.3) is 0 Å². The number of hydrogen-bond acceptors (Lipinski definition) is 2. The largest absolute Gasteiger partial charge is 0.311 e. The quantitative estimate of drug-likeness (QED) is 0.900. The molecule has 0 fully saturated rings. The molecular formula is C14H14F2N2. The monoisotopic (exact) mass is 248 g/mol. The highest BCUT2D eigenvalue weighted by Crippen LogP contribution is 2.17. The highest BCUT2D eigenvalue weighted by atomic mass is 19.1. The number of rotatable bonds is 4. The minimum Gasteiger partial charge on any atom is -0.311 e. The standard InChI is InChI=1S/C14H14F2N2/c1-17-14(13-6-5-12(16)9-18-13)8-10-3-2-4-11(15)7-10/h2-7,9,14,17H,8H2,1H3. The van der Waals surface area contributed by atoms with Crippen molar-refractivity contribution in [3.63, 3.8) is 0 Å². The van der Waals surface area contributed by atoms with Gasteiger partial charge in [0.05, 0.1) is 17.9 Å². The van der Waals surface area contributed by atoms with Gasteiger partial charge in [0.2, 0.25) is 0 Å². The second-order valence-corrected chi connectivity index (χ2v) is 4.08. The van der Waals surface area contributed by atoms with Crippen LogP contribution in [-0.4, -0.2) is 12.0 Å². The summed E-state index contributed by atoms with van der Waals surface area (Å²) in [6.07, 6.45) is 1.79. The Labute approximate surface area is 105 Å². The van der Waals surface area contributed by atoms with Gasteiger partial charge in [-0.05, 0) is 43.3 Å². The summed E-state index contributed by atoms with van der Waals surface area (Å²) >= 11 is 0. The first kappa shape index (κ1) is 12.6. The molecule has 0 saturated heterocycles. The molecule has 2 rings (SSSR count). The number of pyridine rings is 1. The Morgan fingerprint density at radius 1 is 1.17 bits per heavy atom. The van der Waals surface area contributed by atoms with Crippen molar-refractivity contribution in [1.82, 2.24) is 10.3 Å². The van der Waals surface area contributed by atoms with E-state index in [0.29, 0.717) is 6.42 Å². The molecule has 2 nitrogen and oxygen atoms in total. The Kier molecular flexibility index (Phi) is 3.99. The lowest BCUT2D eigenvalue weighted by molar-refractivity contribution is 0.562. The van der Waals surface area contributed by atoms with Crippen molar-refractivity contribution in [2.45, 2.75) is 12.5 Å². The molecule has 1 heterocycles. The fourth-order valence-corrected chi connectivity index (χ4v) is 1.85. The van der Waals surface area contributed by atoms with Crippen LogP contribution < -0.4 is 5.32 Å². The number of halogens is 2. The van der Waals surface area contributed by atoms with Gasteiger partial charge >= 0.3 is 0 Å². The maximum atomic E-state index is 13.1. The van der Waals surface area contributed by atoms with Gasteiger partial charge in [-0.2, -0.15) is 0 Å². The minimum absolute atomic E-state index is 0.0626. The van der Waals surface area contributed by atoms with Crippen LogP contribution in [0.25, 0.3) is 0 Å². The third-order valence-corrected chi connectivity index (χ3v) is 2.78. The molecule has 1 aromatic carbocycles. The number of likely N-dealkylation sites (N-methyl/N-ethyl adjacent to an activating group) is 1.